The van der Waals surface area contributed by atoms with Gasteiger partial charge in [-0.25, -0.2) is 13.1 Å². The van der Waals surface area contributed by atoms with Crippen molar-refractivity contribution in [2.75, 3.05) is 20.1 Å². The summed E-state index contributed by atoms with van der Waals surface area (Å²) in [5, 5.41) is 8.77. The molecular formula is C14H18N2O6S. The van der Waals surface area contributed by atoms with Crippen molar-refractivity contribution in [3.8, 4) is 0 Å². The number of carboxylic acid groups (broad SMARTS) is 1. The molecule has 126 valence electrons. The quantitative estimate of drug-likeness (QED) is 0.823. The van der Waals surface area contributed by atoms with Crippen molar-refractivity contribution >= 4 is 21.9 Å². The van der Waals surface area contributed by atoms with Crippen LogP contribution in [0.4, 0.5) is 0 Å². The molecule has 1 aromatic heterocycles. The first-order chi connectivity index (χ1) is 10.8. The van der Waals surface area contributed by atoms with E-state index in [-0.39, 0.29) is 28.1 Å². The molecule has 23 heavy (non-hydrogen) atoms. The second kappa shape index (κ2) is 5.34. The fraction of sp³-hybridized carbons (Fsp3) is 0.571. The lowest BCUT2D eigenvalue weighted by Crippen LogP contribution is -2.39. The number of carboxylic acids is 1. The third kappa shape index (κ3) is 2.74. The van der Waals surface area contributed by atoms with Gasteiger partial charge in [-0.3, -0.25) is 9.59 Å². The highest BCUT2D eigenvalue weighted by atomic mass is 32.2. The number of piperidine rings is 1. The molecule has 1 saturated carbocycles. The van der Waals surface area contributed by atoms with E-state index >= 15 is 0 Å². The first kappa shape index (κ1) is 16.0. The van der Waals surface area contributed by atoms with Crippen molar-refractivity contribution in [2.45, 2.75) is 24.4 Å². The summed E-state index contributed by atoms with van der Waals surface area (Å²) in [6.07, 6.45) is 1.98. The maximum absolute atomic E-state index is 12.4. The number of carbonyl (C=O) groups excluding carboxylic acids is 1. The Labute approximate surface area is 133 Å². The zero-order valence-electron chi connectivity index (χ0n) is 12.6. The number of furan rings is 1. The molecule has 2 heterocycles. The van der Waals surface area contributed by atoms with Crippen LogP contribution in [-0.4, -0.2) is 50.4 Å². The molecule has 2 N–H and O–H groups in total. The minimum atomic E-state index is -3.72. The Hall–Kier alpha value is -1.87. The van der Waals surface area contributed by atoms with Crippen molar-refractivity contribution in [1.29, 1.82) is 0 Å². The number of likely N-dealkylation sites (tertiary alicyclic amines) is 1. The first-order valence-electron chi connectivity index (χ1n) is 7.34. The fourth-order valence-electron chi connectivity index (χ4n) is 3.24. The fourth-order valence-corrected chi connectivity index (χ4v) is 3.89. The maximum atomic E-state index is 12.4. The molecule has 0 aromatic carbocycles. The maximum Gasteiger partial charge on any atom is 0.307 e. The van der Waals surface area contributed by atoms with Gasteiger partial charge in [0.2, 0.25) is 5.09 Å². The Balaban J connectivity index is 1.66. The molecule has 1 saturated heterocycles. The molecule has 1 spiro atoms. The highest BCUT2D eigenvalue weighted by Crippen LogP contribution is 2.59. The Morgan fingerprint density at radius 1 is 1.35 bits per heavy atom. The number of sulfonamides is 1. The molecule has 3 rings (SSSR count). The van der Waals surface area contributed by atoms with E-state index in [0.717, 1.165) is 0 Å². The van der Waals surface area contributed by atoms with Crippen LogP contribution in [-0.2, 0) is 14.8 Å². The zero-order valence-corrected chi connectivity index (χ0v) is 13.4. The monoisotopic (exact) mass is 342 g/mol. The smallest absolute Gasteiger partial charge is 0.307 e. The second-order valence-electron chi connectivity index (χ2n) is 6.08. The number of nitrogens with one attached hydrogen (secondary N) is 1. The van der Waals surface area contributed by atoms with Gasteiger partial charge in [-0.15, -0.1) is 0 Å². The van der Waals surface area contributed by atoms with Crippen molar-refractivity contribution in [3.63, 3.8) is 0 Å². The molecule has 1 aromatic rings. The SMILES string of the molecule is CNS(=O)(=O)c1ccc(C(=O)N2CCC3(CC2)CC3C(=O)O)o1. The van der Waals surface area contributed by atoms with Gasteiger partial charge in [0.15, 0.2) is 5.76 Å². The van der Waals surface area contributed by atoms with E-state index in [4.69, 9.17) is 9.52 Å². The molecule has 1 atom stereocenters. The zero-order chi connectivity index (χ0) is 16.8. The van der Waals surface area contributed by atoms with E-state index in [9.17, 15) is 18.0 Å². The van der Waals surface area contributed by atoms with E-state index in [1.807, 2.05) is 0 Å². The Morgan fingerprint density at radius 2 is 2.00 bits per heavy atom. The van der Waals surface area contributed by atoms with Gasteiger partial charge in [0.05, 0.1) is 5.92 Å². The van der Waals surface area contributed by atoms with Gasteiger partial charge in [0, 0.05) is 13.1 Å². The molecule has 1 unspecified atom stereocenters. The summed E-state index contributed by atoms with van der Waals surface area (Å²) in [6.45, 7) is 0.912. The summed E-state index contributed by atoms with van der Waals surface area (Å²) >= 11 is 0. The summed E-state index contributed by atoms with van der Waals surface area (Å²) in [6, 6.07) is 2.58. The van der Waals surface area contributed by atoms with E-state index in [0.29, 0.717) is 32.4 Å². The Kier molecular flexibility index (Phi) is 3.72. The van der Waals surface area contributed by atoms with Gasteiger partial charge in [0.1, 0.15) is 0 Å². The summed E-state index contributed by atoms with van der Waals surface area (Å²) in [4.78, 5) is 25.0. The summed E-state index contributed by atoms with van der Waals surface area (Å²) in [5.74, 6) is -1.46. The highest BCUT2D eigenvalue weighted by Gasteiger charge is 2.59. The lowest BCUT2D eigenvalue weighted by atomic mass is 9.90. The topological polar surface area (TPSA) is 117 Å². The molecule has 8 nitrogen and oxygen atoms in total. The summed E-state index contributed by atoms with van der Waals surface area (Å²) in [5.41, 5.74) is -0.160. The number of hydrogen-bond donors (Lipinski definition) is 2. The summed E-state index contributed by atoms with van der Waals surface area (Å²) in [7, 11) is -2.46. The van der Waals surface area contributed by atoms with E-state index < -0.39 is 16.0 Å². The van der Waals surface area contributed by atoms with Crippen molar-refractivity contribution in [3.05, 3.63) is 17.9 Å². The average Bonchev–Trinajstić information content (AvgIpc) is 2.99. The molecule has 2 aliphatic rings. The van der Waals surface area contributed by atoms with Crippen molar-refractivity contribution in [1.82, 2.24) is 9.62 Å². The Morgan fingerprint density at radius 3 is 2.52 bits per heavy atom. The van der Waals surface area contributed by atoms with Crippen LogP contribution in [0.3, 0.4) is 0 Å². The minimum absolute atomic E-state index is 0.0274. The number of amides is 1. The van der Waals surface area contributed by atoms with E-state index in [1.165, 1.54) is 19.2 Å². The van der Waals surface area contributed by atoms with Gasteiger partial charge < -0.3 is 14.4 Å². The van der Waals surface area contributed by atoms with Gasteiger partial charge >= 0.3 is 5.97 Å². The molecule has 1 amide bonds. The number of aliphatic carboxylic acids is 1. The second-order valence-corrected chi connectivity index (χ2v) is 7.89. The van der Waals surface area contributed by atoms with Gasteiger partial charge in [-0.1, -0.05) is 0 Å². The largest absolute Gasteiger partial charge is 0.481 e. The molecule has 2 fully saturated rings. The average molecular weight is 342 g/mol. The lowest BCUT2D eigenvalue weighted by molar-refractivity contribution is -0.139. The molecule has 1 aliphatic carbocycles. The van der Waals surface area contributed by atoms with Crippen LogP contribution in [0.2, 0.25) is 0 Å². The van der Waals surface area contributed by atoms with Crippen LogP contribution >= 0.6 is 0 Å². The Bertz CT molecular complexity index is 745. The predicted molar refractivity (Wildman–Crippen MR) is 78.3 cm³/mol. The van der Waals surface area contributed by atoms with Crippen LogP contribution in [0.25, 0.3) is 0 Å². The van der Waals surface area contributed by atoms with Crippen LogP contribution < -0.4 is 4.72 Å². The van der Waals surface area contributed by atoms with E-state index in [1.54, 1.807) is 4.90 Å². The minimum Gasteiger partial charge on any atom is -0.481 e. The lowest BCUT2D eigenvalue weighted by Gasteiger charge is -2.32. The number of rotatable bonds is 4. The van der Waals surface area contributed by atoms with Crippen LogP contribution in [0, 0.1) is 11.3 Å². The molecule has 0 bridgehead atoms. The number of hydrogen-bond acceptors (Lipinski definition) is 5. The van der Waals surface area contributed by atoms with Crippen LogP contribution in [0.15, 0.2) is 21.6 Å². The molecule has 1 aliphatic heterocycles. The van der Waals surface area contributed by atoms with Gasteiger partial charge in [0.25, 0.3) is 15.9 Å². The third-order valence-electron chi connectivity index (χ3n) is 4.86. The highest BCUT2D eigenvalue weighted by molar-refractivity contribution is 7.89. The normalized spacial score (nSPS) is 23.0. The first-order valence-corrected chi connectivity index (χ1v) is 8.83. The van der Waals surface area contributed by atoms with E-state index in [2.05, 4.69) is 4.72 Å². The number of nitrogens with zero attached hydrogens (tertiary/aromatic N) is 1. The standard InChI is InChI=1S/C14H18N2O6S/c1-15-23(20,21)11-3-2-10(22-11)12(17)16-6-4-14(5-7-16)8-9(14)13(18)19/h2-3,9,15H,4-8H2,1H3,(H,18,19). The van der Waals surface area contributed by atoms with Crippen LogP contribution in [0.1, 0.15) is 29.8 Å². The molecular weight excluding hydrogens is 324 g/mol. The van der Waals surface area contributed by atoms with Crippen molar-refractivity contribution in [2.24, 2.45) is 11.3 Å². The molecule has 9 heteroatoms. The molecule has 0 radical (unpaired) electrons. The predicted octanol–water partition coefficient (Wildman–Crippen LogP) is 0.515. The van der Waals surface area contributed by atoms with Gasteiger partial charge in [-0.05, 0) is 43.9 Å². The third-order valence-corrected chi connectivity index (χ3v) is 6.15. The van der Waals surface area contributed by atoms with Gasteiger partial charge in [-0.2, -0.15) is 0 Å². The van der Waals surface area contributed by atoms with Crippen LogP contribution in [0.5, 0.6) is 0 Å². The summed E-state index contributed by atoms with van der Waals surface area (Å²) < 4.78 is 30.5. The number of carbonyl (C=O) groups is 2. The van der Waals surface area contributed by atoms with Crippen molar-refractivity contribution < 1.29 is 27.5 Å².